The second-order valence-electron chi connectivity index (χ2n) is 5.70. The van der Waals surface area contributed by atoms with Gasteiger partial charge in [-0.05, 0) is 36.6 Å². The molecule has 2 heteroatoms. The molecule has 0 unspecified atom stereocenters. The van der Waals surface area contributed by atoms with Crippen LogP contribution in [0.15, 0.2) is 42.5 Å². The number of anilines is 1. The van der Waals surface area contributed by atoms with E-state index in [9.17, 15) is 0 Å². The van der Waals surface area contributed by atoms with E-state index in [0.29, 0.717) is 0 Å². The van der Waals surface area contributed by atoms with Gasteiger partial charge in [0.1, 0.15) is 0 Å². The largest absolute Gasteiger partial charge is 0.398 e. The molecule has 0 aliphatic rings. The molecule has 0 saturated heterocycles. The van der Waals surface area contributed by atoms with E-state index >= 15 is 0 Å². The molecule has 0 fully saturated rings. The fraction of sp³-hybridized carbons (Fsp3) is 0.316. The maximum atomic E-state index is 6.06. The number of nitrogens with zero attached hydrogens (tertiary/aromatic N) is 1. The van der Waals surface area contributed by atoms with Gasteiger partial charge < -0.3 is 5.73 Å². The molecule has 0 aliphatic carbocycles. The molecule has 2 N–H and O–H groups in total. The van der Waals surface area contributed by atoms with Crippen molar-refractivity contribution in [2.45, 2.75) is 39.0 Å². The molecule has 0 amide bonds. The Balaban J connectivity index is 2.02. The van der Waals surface area contributed by atoms with Crippen molar-refractivity contribution < 1.29 is 0 Å². The minimum atomic E-state index is 0.801. The standard InChI is InChI=1S/C19H22N2/c1-2-3-4-5-8-14-9-6-10-15-13-16-17(20)11-7-12-18(16)21-19(14)15/h6-7,9-13H,2-5,8,20H2,1H3. The van der Waals surface area contributed by atoms with Crippen LogP contribution in [0.3, 0.4) is 0 Å². The minimum Gasteiger partial charge on any atom is -0.398 e. The summed E-state index contributed by atoms with van der Waals surface area (Å²) in [6.45, 7) is 2.25. The Bertz CT molecular complexity index is 762. The van der Waals surface area contributed by atoms with E-state index in [2.05, 4.69) is 31.2 Å². The average molecular weight is 278 g/mol. The third-order valence-corrected chi connectivity index (χ3v) is 4.10. The maximum absolute atomic E-state index is 6.06. The molecule has 0 saturated carbocycles. The molecule has 1 heterocycles. The Morgan fingerprint density at radius 2 is 1.86 bits per heavy atom. The molecule has 0 bridgehead atoms. The Morgan fingerprint density at radius 1 is 1.00 bits per heavy atom. The number of pyridine rings is 1. The summed E-state index contributed by atoms with van der Waals surface area (Å²) in [5.41, 5.74) is 10.3. The van der Waals surface area contributed by atoms with Crippen LogP contribution in [0.2, 0.25) is 0 Å². The van der Waals surface area contributed by atoms with Crippen LogP contribution in [0, 0.1) is 0 Å². The fourth-order valence-electron chi connectivity index (χ4n) is 2.91. The van der Waals surface area contributed by atoms with Crippen LogP contribution < -0.4 is 5.73 Å². The highest BCUT2D eigenvalue weighted by atomic mass is 14.7. The summed E-state index contributed by atoms with van der Waals surface area (Å²) in [5.74, 6) is 0. The van der Waals surface area contributed by atoms with Crippen molar-refractivity contribution in [3.05, 3.63) is 48.0 Å². The second kappa shape index (κ2) is 6.13. The predicted octanol–water partition coefficient (Wildman–Crippen LogP) is 5.09. The van der Waals surface area contributed by atoms with Crippen LogP contribution in [0.4, 0.5) is 5.69 Å². The lowest BCUT2D eigenvalue weighted by molar-refractivity contribution is 0.668. The molecule has 3 aromatic rings. The van der Waals surface area contributed by atoms with E-state index in [1.54, 1.807) is 0 Å². The van der Waals surface area contributed by atoms with E-state index < -0.39 is 0 Å². The molecule has 0 atom stereocenters. The smallest absolute Gasteiger partial charge is 0.0741 e. The monoisotopic (exact) mass is 278 g/mol. The van der Waals surface area contributed by atoms with Gasteiger partial charge in [0, 0.05) is 16.5 Å². The van der Waals surface area contributed by atoms with Crippen molar-refractivity contribution >= 4 is 27.5 Å². The topological polar surface area (TPSA) is 38.9 Å². The Morgan fingerprint density at radius 3 is 2.71 bits per heavy atom. The first-order valence-electron chi connectivity index (χ1n) is 7.86. The van der Waals surface area contributed by atoms with Gasteiger partial charge in [0.15, 0.2) is 0 Å². The van der Waals surface area contributed by atoms with Crippen LogP contribution in [-0.2, 0) is 6.42 Å². The Labute approximate surface area is 126 Å². The van der Waals surface area contributed by atoms with Gasteiger partial charge in [0.05, 0.1) is 11.0 Å². The highest BCUT2D eigenvalue weighted by Gasteiger charge is 2.06. The van der Waals surface area contributed by atoms with E-state index in [0.717, 1.165) is 28.5 Å². The zero-order chi connectivity index (χ0) is 14.7. The summed E-state index contributed by atoms with van der Waals surface area (Å²) in [5, 5.41) is 2.24. The highest BCUT2D eigenvalue weighted by molar-refractivity contribution is 5.99. The number of unbranched alkanes of at least 4 members (excludes halogenated alkanes) is 3. The number of benzene rings is 2. The molecule has 2 aromatic carbocycles. The normalized spacial score (nSPS) is 11.3. The van der Waals surface area contributed by atoms with Crippen LogP contribution in [0.1, 0.15) is 38.2 Å². The van der Waals surface area contributed by atoms with Gasteiger partial charge in [-0.1, -0.05) is 50.5 Å². The second-order valence-corrected chi connectivity index (χ2v) is 5.70. The number of hydrogen-bond donors (Lipinski definition) is 1. The van der Waals surface area contributed by atoms with Crippen molar-refractivity contribution in [1.82, 2.24) is 4.98 Å². The van der Waals surface area contributed by atoms with Gasteiger partial charge in [-0.25, -0.2) is 4.98 Å². The number of hydrogen-bond acceptors (Lipinski definition) is 2. The first-order chi connectivity index (χ1) is 10.3. The average Bonchev–Trinajstić information content (AvgIpc) is 2.51. The lowest BCUT2D eigenvalue weighted by Gasteiger charge is -2.08. The molecule has 1 aromatic heterocycles. The van der Waals surface area contributed by atoms with Crippen molar-refractivity contribution in [1.29, 1.82) is 0 Å². The SMILES string of the molecule is CCCCCCc1cccc2cc3c(N)cccc3nc12. The highest BCUT2D eigenvalue weighted by Crippen LogP contribution is 2.26. The zero-order valence-electron chi connectivity index (χ0n) is 12.6. The molecule has 0 radical (unpaired) electrons. The lowest BCUT2D eigenvalue weighted by Crippen LogP contribution is -1.93. The number of para-hydroxylation sites is 1. The molecule has 108 valence electrons. The molecule has 2 nitrogen and oxygen atoms in total. The van der Waals surface area contributed by atoms with Crippen LogP contribution in [0.5, 0.6) is 0 Å². The number of aryl methyl sites for hydroxylation is 1. The number of rotatable bonds is 5. The predicted molar refractivity (Wildman–Crippen MR) is 91.5 cm³/mol. The molecule has 21 heavy (non-hydrogen) atoms. The fourth-order valence-corrected chi connectivity index (χ4v) is 2.91. The molecular weight excluding hydrogens is 256 g/mol. The van der Waals surface area contributed by atoms with Crippen LogP contribution in [-0.4, -0.2) is 4.98 Å². The van der Waals surface area contributed by atoms with Gasteiger partial charge in [-0.15, -0.1) is 0 Å². The van der Waals surface area contributed by atoms with Crippen molar-refractivity contribution in [2.24, 2.45) is 0 Å². The zero-order valence-corrected chi connectivity index (χ0v) is 12.6. The first-order valence-corrected chi connectivity index (χ1v) is 7.86. The molecule has 0 aliphatic heterocycles. The van der Waals surface area contributed by atoms with Gasteiger partial charge in [0.2, 0.25) is 0 Å². The van der Waals surface area contributed by atoms with Gasteiger partial charge in [-0.3, -0.25) is 0 Å². The quantitative estimate of drug-likeness (QED) is 0.401. The lowest BCUT2D eigenvalue weighted by atomic mass is 10.0. The molecule has 3 rings (SSSR count). The van der Waals surface area contributed by atoms with Crippen molar-refractivity contribution in [2.75, 3.05) is 5.73 Å². The number of nitrogens with two attached hydrogens (primary N) is 1. The van der Waals surface area contributed by atoms with E-state index in [-0.39, 0.29) is 0 Å². The van der Waals surface area contributed by atoms with Gasteiger partial charge in [-0.2, -0.15) is 0 Å². The van der Waals surface area contributed by atoms with E-state index in [1.807, 2.05) is 18.2 Å². The maximum Gasteiger partial charge on any atom is 0.0741 e. The van der Waals surface area contributed by atoms with Gasteiger partial charge >= 0.3 is 0 Å². The number of nitrogen functional groups attached to an aromatic ring is 1. The van der Waals surface area contributed by atoms with E-state index in [1.165, 1.54) is 36.6 Å². The summed E-state index contributed by atoms with van der Waals surface area (Å²) < 4.78 is 0. The summed E-state index contributed by atoms with van der Waals surface area (Å²) >= 11 is 0. The van der Waals surface area contributed by atoms with Crippen molar-refractivity contribution in [3.8, 4) is 0 Å². The summed E-state index contributed by atoms with van der Waals surface area (Å²) in [4.78, 5) is 4.86. The summed E-state index contributed by atoms with van der Waals surface area (Å²) in [6, 6.07) is 14.6. The molecular formula is C19H22N2. The Hall–Kier alpha value is -2.09. The third-order valence-electron chi connectivity index (χ3n) is 4.10. The minimum absolute atomic E-state index is 0.801. The van der Waals surface area contributed by atoms with Gasteiger partial charge in [0.25, 0.3) is 0 Å². The number of fused-ring (bicyclic) bond motifs is 2. The molecule has 0 spiro atoms. The van der Waals surface area contributed by atoms with Crippen LogP contribution >= 0.6 is 0 Å². The number of aromatic nitrogens is 1. The summed E-state index contributed by atoms with van der Waals surface area (Å²) in [7, 11) is 0. The van der Waals surface area contributed by atoms with E-state index in [4.69, 9.17) is 10.7 Å². The Kier molecular flexibility index (Phi) is 4.05. The summed E-state index contributed by atoms with van der Waals surface area (Å²) in [6.07, 6.45) is 6.24. The third kappa shape index (κ3) is 2.85. The first kappa shape index (κ1) is 13.9. The van der Waals surface area contributed by atoms with Crippen molar-refractivity contribution in [3.63, 3.8) is 0 Å². The van der Waals surface area contributed by atoms with Crippen LogP contribution in [0.25, 0.3) is 21.8 Å².